The van der Waals surface area contributed by atoms with Crippen LogP contribution >= 0.6 is 0 Å². The minimum atomic E-state index is -3.44. The summed E-state index contributed by atoms with van der Waals surface area (Å²) in [6.07, 6.45) is -0.717. The van der Waals surface area contributed by atoms with Crippen molar-refractivity contribution in [2.45, 2.75) is 13.0 Å². The summed E-state index contributed by atoms with van der Waals surface area (Å²) in [6, 6.07) is 6.87. The number of rotatable bonds is 7. The molecule has 1 atom stereocenters. The molecule has 102 valence electrons. The van der Waals surface area contributed by atoms with E-state index in [1.807, 2.05) is 0 Å². The van der Waals surface area contributed by atoms with E-state index in [2.05, 4.69) is 4.72 Å². The molecule has 1 aromatic carbocycles. The maximum atomic E-state index is 11.5. The number of nitrogens with one attached hydrogen (secondary N) is 1. The van der Waals surface area contributed by atoms with Crippen LogP contribution in [-0.2, 0) is 10.0 Å². The van der Waals surface area contributed by atoms with Gasteiger partial charge in [0.2, 0.25) is 10.0 Å². The zero-order chi connectivity index (χ0) is 13.6. The average Bonchev–Trinajstić information content (AvgIpc) is 2.29. The van der Waals surface area contributed by atoms with Gasteiger partial charge >= 0.3 is 0 Å². The highest BCUT2D eigenvalue weighted by molar-refractivity contribution is 7.89. The number of aliphatic hydroxyl groups is 1. The van der Waals surface area contributed by atoms with Crippen LogP contribution in [0.1, 0.15) is 6.92 Å². The first kappa shape index (κ1) is 14.7. The van der Waals surface area contributed by atoms with E-state index in [0.717, 1.165) is 0 Å². The maximum absolute atomic E-state index is 11.5. The molecule has 0 aliphatic heterocycles. The van der Waals surface area contributed by atoms with Gasteiger partial charge in [-0.1, -0.05) is 12.1 Å². The molecule has 0 aliphatic rings. The lowest BCUT2D eigenvalue weighted by Crippen LogP contribution is -2.34. The van der Waals surface area contributed by atoms with E-state index >= 15 is 0 Å². The van der Waals surface area contributed by atoms with Gasteiger partial charge in [0.05, 0.1) is 17.5 Å². The molecule has 0 amide bonds. The number of hydrogen-bond acceptors (Lipinski definition) is 5. The molecule has 1 rings (SSSR count). The van der Waals surface area contributed by atoms with Gasteiger partial charge in [0.25, 0.3) is 0 Å². The third-order valence-electron chi connectivity index (χ3n) is 2.13. The third kappa shape index (κ3) is 5.35. The highest BCUT2D eigenvalue weighted by Crippen LogP contribution is 2.19. The Morgan fingerprint density at radius 3 is 2.72 bits per heavy atom. The third-order valence-corrected chi connectivity index (χ3v) is 3.44. The molecule has 0 aromatic heterocycles. The molecule has 6 nitrogen and oxygen atoms in total. The first-order valence-corrected chi connectivity index (χ1v) is 7.18. The van der Waals surface area contributed by atoms with E-state index in [1.165, 1.54) is 6.92 Å². The first-order valence-electron chi connectivity index (χ1n) is 5.53. The quantitative estimate of drug-likeness (QED) is 0.605. The van der Waals surface area contributed by atoms with Crippen LogP contribution in [0, 0.1) is 0 Å². The predicted octanol–water partition coefficient (Wildman–Crippen LogP) is -0.0522. The fraction of sp³-hybridized carbons (Fsp3) is 0.455. The Bertz CT molecular complexity index is 474. The van der Waals surface area contributed by atoms with Gasteiger partial charge in [-0.2, -0.15) is 0 Å². The Balaban J connectivity index is 2.40. The van der Waals surface area contributed by atoms with Crippen LogP contribution in [0.15, 0.2) is 24.3 Å². The second kappa shape index (κ2) is 6.58. The highest BCUT2D eigenvalue weighted by Gasteiger charge is 2.11. The van der Waals surface area contributed by atoms with Gasteiger partial charge in [-0.3, -0.25) is 0 Å². The van der Waals surface area contributed by atoms with Gasteiger partial charge in [-0.15, -0.1) is 0 Å². The Labute approximate surface area is 107 Å². The van der Waals surface area contributed by atoms with E-state index < -0.39 is 16.1 Å². The number of anilines is 1. The van der Waals surface area contributed by atoms with Gasteiger partial charge in [0.15, 0.2) is 0 Å². The molecule has 0 radical (unpaired) electrons. The number of benzene rings is 1. The van der Waals surface area contributed by atoms with Crippen LogP contribution < -0.4 is 15.2 Å². The molecule has 7 heteroatoms. The van der Waals surface area contributed by atoms with Crippen LogP contribution in [-0.4, -0.2) is 38.5 Å². The number of nitrogen functional groups attached to an aromatic ring is 1. The Morgan fingerprint density at radius 1 is 1.44 bits per heavy atom. The van der Waals surface area contributed by atoms with Crippen molar-refractivity contribution in [3.05, 3.63) is 24.3 Å². The van der Waals surface area contributed by atoms with Crippen molar-refractivity contribution in [1.82, 2.24) is 4.72 Å². The Morgan fingerprint density at radius 2 is 2.11 bits per heavy atom. The number of ether oxygens (including phenoxy) is 1. The van der Waals surface area contributed by atoms with Crippen LogP contribution in [0.25, 0.3) is 0 Å². The molecule has 0 bridgehead atoms. The van der Waals surface area contributed by atoms with Crippen molar-refractivity contribution in [2.75, 3.05) is 24.6 Å². The molecule has 1 aromatic rings. The zero-order valence-corrected chi connectivity index (χ0v) is 11.0. The monoisotopic (exact) mass is 274 g/mol. The van der Waals surface area contributed by atoms with Crippen LogP contribution in [0.3, 0.4) is 0 Å². The summed E-state index contributed by atoms with van der Waals surface area (Å²) in [7, 11) is -3.44. The summed E-state index contributed by atoms with van der Waals surface area (Å²) >= 11 is 0. The molecule has 0 aliphatic carbocycles. The fourth-order valence-electron chi connectivity index (χ4n) is 1.19. The normalized spacial score (nSPS) is 13.2. The molecule has 0 saturated heterocycles. The van der Waals surface area contributed by atoms with E-state index in [4.69, 9.17) is 15.6 Å². The Hall–Kier alpha value is -1.31. The summed E-state index contributed by atoms with van der Waals surface area (Å²) in [6.45, 7) is 1.50. The average molecular weight is 274 g/mol. The molecule has 0 fully saturated rings. The number of nitrogens with two attached hydrogens (primary N) is 1. The first-order chi connectivity index (χ1) is 8.41. The molecule has 0 spiro atoms. The van der Waals surface area contributed by atoms with Gasteiger partial charge in [0, 0.05) is 6.54 Å². The second-order valence-corrected chi connectivity index (χ2v) is 5.83. The molecule has 18 heavy (non-hydrogen) atoms. The topological polar surface area (TPSA) is 102 Å². The van der Waals surface area contributed by atoms with Crippen molar-refractivity contribution < 1.29 is 18.3 Å². The summed E-state index contributed by atoms with van der Waals surface area (Å²) < 4.78 is 30.5. The molecule has 0 saturated carbocycles. The number of sulfonamides is 1. The summed E-state index contributed by atoms with van der Waals surface area (Å²) in [5.74, 6) is 0.275. The lowest BCUT2D eigenvalue weighted by molar-refractivity contribution is 0.198. The van der Waals surface area contributed by atoms with E-state index in [1.54, 1.807) is 24.3 Å². The van der Waals surface area contributed by atoms with Gasteiger partial charge in [-0.25, -0.2) is 13.1 Å². The van der Waals surface area contributed by atoms with Crippen molar-refractivity contribution in [2.24, 2.45) is 0 Å². The standard InChI is InChI=1S/C11H18N2O4S/c1-9(14)8-13-18(15,16)7-6-17-11-5-3-2-4-10(11)12/h2-5,9,13-14H,6-8,12H2,1H3/t9-/m0/s1. The molecule has 0 unspecified atom stereocenters. The summed E-state index contributed by atoms with van der Waals surface area (Å²) in [5, 5.41) is 8.98. The molecule has 4 N–H and O–H groups in total. The Kier molecular flexibility index (Phi) is 5.39. The summed E-state index contributed by atoms with van der Waals surface area (Å²) in [5.41, 5.74) is 6.11. The molecular weight excluding hydrogens is 256 g/mol. The van der Waals surface area contributed by atoms with Crippen LogP contribution in [0.4, 0.5) is 5.69 Å². The van der Waals surface area contributed by atoms with E-state index in [0.29, 0.717) is 11.4 Å². The lowest BCUT2D eigenvalue weighted by Gasteiger charge is -2.10. The predicted molar refractivity (Wildman–Crippen MR) is 69.8 cm³/mol. The van der Waals surface area contributed by atoms with Crippen molar-refractivity contribution >= 4 is 15.7 Å². The van der Waals surface area contributed by atoms with E-state index in [-0.39, 0.29) is 18.9 Å². The zero-order valence-electron chi connectivity index (χ0n) is 10.2. The smallest absolute Gasteiger partial charge is 0.215 e. The largest absolute Gasteiger partial charge is 0.490 e. The lowest BCUT2D eigenvalue weighted by atomic mass is 10.3. The van der Waals surface area contributed by atoms with Crippen LogP contribution in [0.2, 0.25) is 0 Å². The SMILES string of the molecule is C[C@H](O)CNS(=O)(=O)CCOc1ccccc1N. The molecular formula is C11H18N2O4S. The number of para-hydroxylation sites is 2. The highest BCUT2D eigenvalue weighted by atomic mass is 32.2. The minimum Gasteiger partial charge on any atom is -0.490 e. The van der Waals surface area contributed by atoms with E-state index in [9.17, 15) is 8.42 Å². The second-order valence-electron chi connectivity index (χ2n) is 3.90. The van der Waals surface area contributed by atoms with Crippen molar-refractivity contribution in [1.29, 1.82) is 0 Å². The fourth-order valence-corrected chi connectivity index (χ4v) is 2.14. The van der Waals surface area contributed by atoms with Gasteiger partial charge in [0.1, 0.15) is 12.4 Å². The number of hydrogen-bond donors (Lipinski definition) is 3. The van der Waals surface area contributed by atoms with Crippen molar-refractivity contribution in [3.8, 4) is 5.75 Å². The van der Waals surface area contributed by atoms with Crippen molar-refractivity contribution in [3.63, 3.8) is 0 Å². The maximum Gasteiger partial charge on any atom is 0.215 e. The minimum absolute atomic E-state index is 0.00333. The van der Waals surface area contributed by atoms with Gasteiger partial charge < -0.3 is 15.6 Å². The van der Waals surface area contributed by atoms with Crippen LogP contribution in [0.5, 0.6) is 5.75 Å². The summed E-state index contributed by atoms with van der Waals surface area (Å²) in [4.78, 5) is 0. The number of aliphatic hydroxyl groups excluding tert-OH is 1. The molecule has 0 heterocycles. The van der Waals surface area contributed by atoms with Gasteiger partial charge in [-0.05, 0) is 19.1 Å².